The highest BCUT2D eigenvalue weighted by molar-refractivity contribution is 8.00. The average Bonchev–Trinajstić information content (AvgIpc) is 2.65. The minimum Gasteiger partial charge on any atom is -0.325 e. The predicted octanol–water partition coefficient (Wildman–Crippen LogP) is 4.58. The fourth-order valence-electron chi connectivity index (χ4n) is 2.68. The number of fused-ring (bicyclic) bond motifs is 1. The molecule has 3 rings (SSSR count). The van der Waals surface area contributed by atoms with E-state index in [9.17, 15) is 9.59 Å². The molecule has 0 aliphatic carbocycles. The third-order valence-electron chi connectivity index (χ3n) is 4.02. The second kappa shape index (κ2) is 8.59. The van der Waals surface area contributed by atoms with Crippen LogP contribution in [0.5, 0.6) is 0 Å². The van der Waals surface area contributed by atoms with Gasteiger partial charge < -0.3 is 5.32 Å². The zero-order valence-electron chi connectivity index (χ0n) is 15.1. The van der Waals surface area contributed by atoms with Gasteiger partial charge >= 0.3 is 0 Å². The van der Waals surface area contributed by atoms with Crippen molar-refractivity contribution in [2.75, 3.05) is 5.32 Å². The topological polar surface area (TPSA) is 64.0 Å². The molecule has 0 spiro atoms. The van der Waals surface area contributed by atoms with Crippen LogP contribution in [0.15, 0.2) is 58.5 Å². The number of nitrogens with zero attached hydrogens (tertiary/aromatic N) is 2. The summed E-state index contributed by atoms with van der Waals surface area (Å²) in [5.41, 5.74) is 1.20. The van der Waals surface area contributed by atoms with Crippen molar-refractivity contribution in [3.63, 3.8) is 0 Å². The number of halogens is 1. The lowest BCUT2D eigenvalue weighted by Crippen LogP contribution is -2.27. The summed E-state index contributed by atoms with van der Waals surface area (Å²) in [6.07, 6.45) is 0.802. The summed E-state index contributed by atoms with van der Waals surface area (Å²) in [5.74, 6) is -0.173. The Labute approximate surface area is 166 Å². The monoisotopic (exact) mass is 401 g/mol. The molecule has 0 saturated carbocycles. The summed E-state index contributed by atoms with van der Waals surface area (Å²) in [4.78, 5) is 30.0. The van der Waals surface area contributed by atoms with E-state index < -0.39 is 5.25 Å². The number of thioether (sulfide) groups is 1. The number of nitrogens with one attached hydrogen (secondary N) is 1. The molecule has 1 N–H and O–H groups in total. The van der Waals surface area contributed by atoms with Crippen LogP contribution in [0.25, 0.3) is 10.9 Å². The maximum absolute atomic E-state index is 12.8. The molecule has 0 aliphatic rings. The first-order valence-corrected chi connectivity index (χ1v) is 9.98. The highest BCUT2D eigenvalue weighted by atomic mass is 35.5. The number of hydrogen-bond donors (Lipinski definition) is 1. The molecule has 0 saturated heterocycles. The zero-order chi connectivity index (χ0) is 19.4. The number of anilines is 1. The SMILES string of the molecule is CCCn1c(S[C@@H](C)C(=O)Nc2cccc(Cl)c2)nc2ccccc2c1=O. The summed E-state index contributed by atoms with van der Waals surface area (Å²) < 4.78 is 1.65. The molecule has 1 amide bonds. The fraction of sp³-hybridized carbons (Fsp3) is 0.250. The second-order valence-corrected chi connectivity index (χ2v) is 7.87. The van der Waals surface area contributed by atoms with E-state index >= 15 is 0 Å². The zero-order valence-corrected chi connectivity index (χ0v) is 16.7. The van der Waals surface area contributed by atoms with Crippen LogP contribution in [-0.4, -0.2) is 20.7 Å². The Morgan fingerprint density at radius 1 is 1.26 bits per heavy atom. The maximum Gasteiger partial charge on any atom is 0.262 e. The van der Waals surface area contributed by atoms with Crippen molar-refractivity contribution < 1.29 is 4.79 Å². The Kier molecular flexibility index (Phi) is 6.19. The average molecular weight is 402 g/mol. The molecular weight excluding hydrogens is 382 g/mol. The first-order valence-electron chi connectivity index (χ1n) is 8.72. The Hall–Kier alpha value is -2.31. The van der Waals surface area contributed by atoms with Gasteiger partial charge in [-0.1, -0.05) is 48.5 Å². The van der Waals surface area contributed by atoms with Crippen LogP contribution in [0, 0.1) is 0 Å². The number of carbonyl (C=O) groups excluding carboxylic acids is 1. The van der Waals surface area contributed by atoms with Crippen molar-refractivity contribution >= 4 is 45.9 Å². The van der Waals surface area contributed by atoms with Crippen LogP contribution < -0.4 is 10.9 Å². The molecule has 2 aromatic carbocycles. The number of para-hydroxylation sites is 1. The van der Waals surface area contributed by atoms with Crippen LogP contribution in [-0.2, 0) is 11.3 Å². The predicted molar refractivity (Wildman–Crippen MR) is 112 cm³/mol. The Morgan fingerprint density at radius 3 is 2.78 bits per heavy atom. The van der Waals surface area contributed by atoms with Gasteiger partial charge in [-0.2, -0.15) is 0 Å². The van der Waals surface area contributed by atoms with Gasteiger partial charge in [-0.3, -0.25) is 14.2 Å². The molecular formula is C20H20ClN3O2S. The molecule has 1 aromatic heterocycles. The lowest BCUT2D eigenvalue weighted by atomic mass is 10.2. The molecule has 0 radical (unpaired) electrons. The van der Waals surface area contributed by atoms with Crippen LogP contribution in [0.2, 0.25) is 5.02 Å². The van der Waals surface area contributed by atoms with Crippen molar-refractivity contribution in [2.24, 2.45) is 0 Å². The smallest absolute Gasteiger partial charge is 0.262 e. The largest absolute Gasteiger partial charge is 0.325 e. The van der Waals surface area contributed by atoms with Gasteiger partial charge in [-0.25, -0.2) is 4.98 Å². The summed E-state index contributed by atoms with van der Waals surface area (Å²) >= 11 is 7.24. The van der Waals surface area contributed by atoms with Gasteiger partial charge in [0.25, 0.3) is 5.56 Å². The molecule has 3 aromatic rings. The number of aromatic nitrogens is 2. The van der Waals surface area contributed by atoms with Crippen molar-refractivity contribution in [1.82, 2.24) is 9.55 Å². The van der Waals surface area contributed by atoms with Gasteiger partial charge in [0.1, 0.15) is 0 Å². The molecule has 7 heteroatoms. The van der Waals surface area contributed by atoms with Crippen molar-refractivity contribution in [2.45, 2.75) is 37.2 Å². The van der Waals surface area contributed by atoms with Gasteiger partial charge in [-0.15, -0.1) is 0 Å². The lowest BCUT2D eigenvalue weighted by molar-refractivity contribution is -0.115. The fourth-order valence-corrected chi connectivity index (χ4v) is 3.81. The standard InChI is InChI=1S/C20H20ClN3O2S/c1-3-11-24-19(26)16-9-4-5-10-17(16)23-20(24)27-13(2)18(25)22-15-8-6-7-14(21)12-15/h4-10,12-13H,3,11H2,1-2H3,(H,22,25)/t13-/m0/s1. The van der Waals surface area contributed by atoms with E-state index in [0.29, 0.717) is 33.3 Å². The molecule has 0 fully saturated rings. The highest BCUT2D eigenvalue weighted by Crippen LogP contribution is 2.24. The lowest BCUT2D eigenvalue weighted by Gasteiger charge is -2.16. The van der Waals surface area contributed by atoms with E-state index in [1.54, 1.807) is 41.8 Å². The normalized spacial score (nSPS) is 12.1. The minimum atomic E-state index is -0.430. The molecule has 0 bridgehead atoms. The molecule has 1 atom stereocenters. The van der Waals surface area contributed by atoms with Crippen molar-refractivity contribution in [3.8, 4) is 0 Å². The quantitative estimate of drug-likeness (QED) is 0.485. The summed E-state index contributed by atoms with van der Waals surface area (Å²) in [5, 5.41) is 4.11. The van der Waals surface area contributed by atoms with Crippen molar-refractivity contribution in [3.05, 3.63) is 63.9 Å². The first-order chi connectivity index (χ1) is 13.0. The van der Waals surface area contributed by atoms with Gasteiger partial charge in [0, 0.05) is 17.3 Å². The number of hydrogen-bond acceptors (Lipinski definition) is 4. The first kappa shape index (κ1) is 19.5. The minimum absolute atomic E-state index is 0.0765. The summed E-state index contributed by atoms with van der Waals surface area (Å²) in [6, 6.07) is 14.3. The molecule has 27 heavy (non-hydrogen) atoms. The van der Waals surface area contributed by atoms with Gasteiger partial charge in [0.2, 0.25) is 5.91 Å². The van der Waals surface area contributed by atoms with Crippen LogP contribution in [0.3, 0.4) is 0 Å². The van der Waals surface area contributed by atoms with E-state index in [2.05, 4.69) is 10.3 Å². The third kappa shape index (κ3) is 4.51. The summed E-state index contributed by atoms with van der Waals surface area (Å²) in [7, 11) is 0. The van der Waals surface area contributed by atoms with Gasteiger partial charge in [-0.05, 0) is 43.7 Å². The van der Waals surface area contributed by atoms with E-state index in [-0.39, 0.29) is 11.5 Å². The number of rotatable bonds is 6. The van der Waals surface area contributed by atoms with Crippen LogP contribution in [0.1, 0.15) is 20.3 Å². The second-order valence-electron chi connectivity index (χ2n) is 6.13. The number of carbonyl (C=O) groups is 1. The Bertz CT molecular complexity index is 1040. The summed E-state index contributed by atoms with van der Waals surface area (Å²) in [6.45, 7) is 4.36. The highest BCUT2D eigenvalue weighted by Gasteiger charge is 2.19. The van der Waals surface area contributed by atoms with E-state index in [1.807, 2.05) is 25.1 Å². The Morgan fingerprint density at radius 2 is 2.04 bits per heavy atom. The van der Waals surface area contributed by atoms with E-state index in [0.717, 1.165) is 6.42 Å². The van der Waals surface area contributed by atoms with E-state index in [4.69, 9.17) is 11.6 Å². The van der Waals surface area contributed by atoms with E-state index in [1.165, 1.54) is 11.8 Å². The van der Waals surface area contributed by atoms with Gasteiger partial charge in [0.15, 0.2) is 5.16 Å². The molecule has 1 heterocycles. The molecule has 5 nitrogen and oxygen atoms in total. The molecule has 0 unspecified atom stereocenters. The molecule has 140 valence electrons. The number of benzene rings is 2. The Balaban J connectivity index is 1.87. The number of amides is 1. The van der Waals surface area contributed by atoms with Crippen LogP contribution >= 0.6 is 23.4 Å². The third-order valence-corrected chi connectivity index (χ3v) is 5.34. The molecule has 0 aliphatic heterocycles. The maximum atomic E-state index is 12.8. The van der Waals surface area contributed by atoms with Crippen LogP contribution in [0.4, 0.5) is 5.69 Å². The van der Waals surface area contributed by atoms with Gasteiger partial charge in [0.05, 0.1) is 16.2 Å². The van der Waals surface area contributed by atoms with Crippen molar-refractivity contribution in [1.29, 1.82) is 0 Å².